The van der Waals surface area contributed by atoms with Crippen LogP contribution in [0.3, 0.4) is 0 Å². The lowest BCUT2D eigenvalue weighted by Crippen LogP contribution is -2.87. The highest BCUT2D eigenvalue weighted by molar-refractivity contribution is 5.95. The molecule has 25 heavy (non-hydrogen) atoms. The summed E-state index contributed by atoms with van der Waals surface area (Å²) in [6.07, 6.45) is 0. The minimum absolute atomic E-state index is 0.0276. The maximum Gasteiger partial charge on any atom is 0.275 e. The molecule has 0 saturated carbocycles. The highest BCUT2D eigenvalue weighted by atomic mass is 16.2. The summed E-state index contributed by atoms with van der Waals surface area (Å²) < 4.78 is 0. The standard InChI is InChI=1S/C20H25N3O2/c1-14-8-7-9-15(2)20(14)23-19(25)13-22-18(24)12-21-16(3)17-10-5-4-6-11-17/h4-11,16,21H,12-13H2,1-3H3,(H,22,24)(H,23,25)/p+1/t16-/m1/s1. The minimum atomic E-state index is -0.221. The molecule has 0 heterocycles. The number of hydrogen-bond donors (Lipinski definition) is 3. The molecule has 5 heteroatoms. The van der Waals surface area contributed by atoms with Crippen LogP contribution < -0.4 is 16.0 Å². The van der Waals surface area contributed by atoms with E-state index in [0.29, 0.717) is 0 Å². The number of rotatable bonds is 7. The number of hydrogen-bond acceptors (Lipinski definition) is 2. The maximum absolute atomic E-state index is 12.0. The number of carbonyl (C=O) groups is 2. The van der Waals surface area contributed by atoms with Gasteiger partial charge < -0.3 is 16.0 Å². The van der Waals surface area contributed by atoms with Gasteiger partial charge in [-0.15, -0.1) is 0 Å². The topological polar surface area (TPSA) is 74.8 Å². The zero-order chi connectivity index (χ0) is 18.2. The summed E-state index contributed by atoms with van der Waals surface area (Å²) in [5.74, 6) is -0.374. The van der Waals surface area contributed by atoms with E-state index in [0.717, 1.165) is 16.8 Å². The molecule has 4 N–H and O–H groups in total. The normalized spacial score (nSPS) is 11.6. The van der Waals surface area contributed by atoms with Gasteiger partial charge in [0.1, 0.15) is 6.04 Å². The van der Waals surface area contributed by atoms with E-state index in [1.807, 2.05) is 67.7 Å². The van der Waals surface area contributed by atoms with Crippen molar-refractivity contribution in [3.8, 4) is 0 Å². The Labute approximate surface area is 148 Å². The lowest BCUT2D eigenvalue weighted by molar-refractivity contribution is -0.682. The molecule has 2 aromatic carbocycles. The van der Waals surface area contributed by atoms with Gasteiger partial charge in [-0.25, -0.2) is 0 Å². The number of amides is 2. The molecule has 1 atom stereocenters. The summed E-state index contributed by atoms with van der Waals surface area (Å²) in [6, 6.07) is 16.0. The second-order valence-corrected chi connectivity index (χ2v) is 6.23. The van der Waals surface area contributed by atoms with Crippen LogP contribution in [0.5, 0.6) is 0 Å². The van der Waals surface area contributed by atoms with E-state index < -0.39 is 0 Å². The van der Waals surface area contributed by atoms with Crippen molar-refractivity contribution < 1.29 is 14.9 Å². The first-order valence-electron chi connectivity index (χ1n) is 8.48. The predicted molar refractivity (Wildman–Crippen MR) is 99.2 cm³/mol. The Morgan fingerprint density at radius 2 is 1.60 bits per heavy atom. The fourth-order valence-corrected chi connectivity index (χ4v) is 2.62. The molecular formula is C20H26N3O2+. The Morgan fingerprint density at radius 1 is 0.960 bits per heavy atom. The van der Waals surface area contributed by atoms with Gasteiger partial charge in [0.2, 0.25) is 5.91 Å². The Morgan fingerprint density at radius 3 is 2.24 bits per heavy atom. The van der Waals surface area contributed by atoms with Gasteiger partial charge in [0.15, 0.2) is 6.54 Å². The zero-order valence-corrected chi connectivity index (χ0v) is 15.0. The summed E-state index contributed by atoms with van der Waals surface area (Å²) >= 11 is 0. The molecule has 0 spiro atoms. The van der Waals surface area contributed by atoms with Crippen LogP contribution in [-0.2, 0) is 9.59 Å². The van der Waals surface area contributed by atoms with Crippen LogP contribution in [0.2, 0.25) is 0 Å². The summed E-state index contributed by atoms with van der Waals surface area (Å²) in [5.41, 5.74) is 3.99. The van der Waals surface area contributed by atoms with Crippen molar-refractivity contribution in [3.05, 3.63) is 65.2 Å². The average molecular weight is 340 g/mol. The molecule has 0 aliphatic rings. The second-order valence-electron chi connectivity index (χ2n) is 6.23. The van der Waals surface area contributed by atoms with Gasteiger partial charge in [-0.05, 0) is 31.9 Å². The predicted octanol–water partition coefficient (Wildman–Crippen LogP) is 1.68. The largest absolute Gasteiger partial charge is 0.342 e. The highest BCUT2D eigenvalue weighted by Gasteiger charge is 2.12. The van der Waals surface area contributed by atoms with E-state index in [1.54, 1.807) is 0 Å². The van der Waals surface area contributed by atoms with Crippen LogP contribution in [0.4, 0.5) is 5.69 Å². The van der Waals surface area contributed by atoms with E-state index in [-0.39, 0.29) is 30.9 Å². The molecular weight excluding hydrogens is 314 g/mol. The third kappa shape index (κ3) is 5.72. The quantitative estimate of drug-likeness (QED) is 0.717. The van der Waals surface area contributed by atoms with E-state index in [1.165, 1.54) is 5.56 Å². The van der Waals surface area contributed by atoms with Crippen molar-refractivity contribution in [2.45, 2.75) is 26.8 Å². The number of anilines is 1. The molecule has 0 saturated heterocycles. The molecule has 0 unspecified atom stereocenters. The van der Waals surface area contributed by atoms with Gasteiger partial charge in [0.25, 0.3) is 5.91 Å². The number of para-hydroxylation sites is 1. The second kappa shape index (κ2) is 8.99. The minimum Gasteiger partial charge on any atom is -0.342 e. The SMILES string of the molecule is Cc1cccc(C)c1NC(=O)CNC(=O)C[NH2+][C@H](C)c1ccccc1. The number of benzene rings is 2. The molecule has 2 amide bonds. The molecule has 2 aromatic rings. The molecule has 0 aliphatic carbocycles. The maximum atomic E-state index is 12.0. The number of carbonyl (C=O) groups excluding carboxylic acids is 2. The molecule has 2 rings (SSSR count). The lowest BCUT2D eigenvalue weighted by Gasteiger charge is -2.13. The third-order valence-electron chi connectivity index (χ3n) is 4.17. The Bertz CT molecular complexity index is 709. The van der Waals surface area contributed by atoms with Gasteiger partial charge in [-0.1, -0.05) is 48.5 Å². The molecule has 132 valence electrons. The number of nitrogens with two attached hydrogens (primary N) is 1. The first-order valence-corrected chi connectivity index (χ1v) is 8.48. The summed E-state index contributed by atoms with van der Waals surface area (Å²) in [7, 11) is 0. The number of nitrogens with one attached hydrogen (secondary N) is 2. The van der Waals surface area contributed by atoms with Crippen molar-refractivity contribution in [1.82, 2.24) is 5.32 Å². The van der Waals surface area contributed by atoms with Crippen LogP contribution >= 0.6 is 0 Å². The van der Waals surface area contributed by atoms with Gasteiger partial charge in [0.05, 0.1) is 6.54 Å². The van der Waals surface area contributed by atoms with Crippen LogP contribution in [-0.4, -0.2) is 24.9 Å². The van der Waals surface area contributed by atoms with E-state index in [4.69, 9.17) is 0 Å². The lowest BCUT2D eigenvalue weighted by atomic mass is 10.1. The van der Waals surface area contributed by atoms with Gasteiger partial charge >= 0.3 is 0 Å². The van der Waals surface area contributed by atoms with Gasteiger partial charge in [-0.3, -0.25) is 9.59 Å². The molecule has 0 aliphatic heterocycles. The smallest absolute Gasteiger partial charge is 0.275 e. The van der Waals surface area contributed by atoms with Crippen molar-refractivity contribution in [2.75, 3.05) is 18.4 Å². The van der Waals surface area contributed by atoms with Crippen LogP contribution in [0.1, 0.15) is 29.7 Å². The molecule has 0 aromatic heterocycles. The molecule has 0 radical (unpaired) electrons. The number of quaternary nitrogens is 1. The summed E-state index contributed by atoms with van der Waals surface area (Å²) in [5, 5.41) is 7.48. The van der Waals surface area contributed by atoms with Crippen molar-refractivity contribution >= 4 is 17.5 Å². The Balaban J connectivity index is 1.75. The Kier molecular flexibility index (Phi) is 6.71. The van der Waals surface area contributed by atoms with E-state index >= 15 is 0 Å². The van der Waals surface area contributed by atoms with Crippen LogP contribution in [0.25, 0.3) is 0 Å². The summed E-state index contributed by atoms with van der Waals surface area (Å²) in [4.78, 5) is 24.0. The average Bonchev–Trinajstić information content (AvgIpc) is 2.62. The fraction of sp³-hybridized carbons (Fsp3) is 0.300. The van der Waals surface area contributed by atoms with Gasteiger partial charge in [-0.2, -0.15) is 0 Å². The highest BCUT2D eigenvalue weighted by Crippen LogP contribution is 2.18. The molecule has 0 bridgehead atoms. The molecule has 0 fully saturated rings. The van der Waals surface area contributed by atoms with E-state index in [9.17, 15) is 9.59 Å². The van der Waals surface area contributed by atoms with E-state index in [2.05, 4.69) is 17.6 Å². The van der Waals surface area contributed by atoms with Crippen molar-refractivity contribution in [3.63, 3.8) is 0 Å². The Hall–Kier alpha value is -2.66. The first kappa shape index (κ1) is 18.7. The van der Waals surface area contributed by atoms with Crippen molar-refractivity contribution in [1.29, 1.82) is 0 Å². The zero-order valence-electron chi connectivity index (χ0n) is 15.0. The first-order chi connectivity index (χ1) is 12.0. The van der Waals surface area contributed by atoms with Gasteiger partial charge in [0, 0.05) is 11.3 Å². The number of aryl methyl sites for hydroxylation is 2. The van der Waals surface area contributed by atoms with Crippen LogP contribution in [0, 0.1) is 13.8 Å². The fourth-order valence-electron chi connectivity index (χ4n) is 2.62. The third-order valence-corrected chi connectivity index (χ3v) is 4.17. The monoisotopic (exact) mass is 340 g/mol. The molecule has 5 nitrogen and oxygen atoms in total. The van der Waals surface area contributed by atoms with Crippen molar-refractivity contribution in [2.24, 2.45) is 0 Å². The van der Waals surface area contributed by atoms with Crippen LogP contribution in [0.15, 0.2) is 48.5 Å². The summed E-state index contributed by atoms with van der Waals surface area (Å²) in [6.45, 7) is 6.20.